The van der Waals surface area contributed by atoms with E-state index in [0.29, 0.717) is 16.9 Å². The van der Waals surface area contributed by atoms with Crippen molar-refractivity contribution in [3.8, 4) is 16.9 Å². The number of amides is 1. The van der Waals surface area contributed by atoms with Crippen LogP contribution in [0.5, 0.6) is 5.75 Å². The van der Waals surface area contributed by atoms with Crippen LogP contribution in [0.25, 0.3) is 11.1 Å². The van der Waals surface area contributed by atoms with Gasteiger partial charge < -0.3 is 10.1 Å². The highest BCUT2D eigenvalue weighted by molar-refractivity contribution is 5.96. The second kappa shape index (κ2) is 8.32. The number of ether oxygens (including phenoxy) is 1. The largest absolute Gasteiger partial charge is 0.496 e. The zero-order valence-corrected chi connectivity index (χ0v) is 15.4. The molecule has 136 valence electrons. The fourth-order valence-corrected chi connectivity index (χ4v) is 2.89. The van der Waals surface area contributed by atoms with Gasteiger partial charge in [0.2, 0.25) is 5.91 Å². The van der Waals surface area contributed by atoms with Crippen molar-refractivity contribution in [3.63, 3.8) is 0 Å². The van der Waals surface area contributed by atoms with Gasteiger partial charge in [0.25, 0.3) is 0 Å². The molecule has 0 aromatic heterocycles. The standard InChI is InChI=1S/C23H21NO3/c1-16(25)19-10-13-22(27-2)20(14-19)15-23(26)24-21-11-8-18(9-12-21)17-6-4-3-5-7-17/h3-14H,15H2,1-2H3,(H,24,26). The normalized spacial score (nSPS) is 10.3. The molecule has 27 heavy (non-hydrogen) atoms. The summed E-state index contributed by atoms with van der Waals surface area (Å²) in [4.78, 5) is 24.0. The first kappa shape index (κ1) is 18.4. The number of benzene rings is 3. The third-order valence-electron chi connectivity index (χ3n) is 4.31. The molecule has 4 nitrogen and oxygen atoms in total. The monoisotopic (exact) mass is 359 g/mol. The molecule has 0 aliphatic carbocycles. The number of Topliss-reactive ketones (excluding diaryl/α,β-unsaturated/α-hetero) is 1. The van der Waals surface area contributed by atoms with Gasteiger partial charge in [0.1, 0.15) is 5.75 Å². The van der Waals surface area contributed by atoms with Crippen LogP contribution in [0.3, 0.4) is 0 Å². The molecule has 0 radical (unpaired) electrons. The lowest BCUT2D eigenvalue weighted by Gasteiger charge is -2.11. The minimum atomic E-state index is -0.165. The van der Waals surface area contributed by atoms with E-state index in [-0.39, 0.29) is 18.1 Å². The Morgan fingerprint density at radius 1 is 0.889 bits per heavy atom. The lowest BCUT2D eigenvalue weighted by molar-refractivity contribution is -0.115. The molecular weight excluding hydrogens is 338 g/mol. The molecule has 0 aliphatic rings. The van der Waals surface area contributed by atoms with Crippen molar-refractivity contribution in [1.29, 1.82) is 0 Å². The molecule has 0 spiro atoms. The van der Waals surface area contributed by atoms with E-state index in [9.17, 15) is 9.59 Å². The number of ketones is 1. The van der Waals surface area contributed by atoms with Crippen molar-refractivity contribution in [2.24, 2.45) is 0 Å². The molecular formula is C23H21NO3. The van der Waals surface area contributed by atoms with Gasteiger partial charge in [-0.1, -0.05) is 42.5 Å². The van der Waals surface area contributed by atoms with Gasteiger partial charge in [-0.2, -0.15) is 0 Å². The summed E-state index contributed by atoms with van der Waals surface area (Å²) in [5.41, 5.74) is 4.18. The fourth-order valence-electron chi connectivity index (χ4n) is 2.89. The highest BCUT2D eigenvalue weighted by Gasteiger charge is 2.12. The van der Waals surface area contributed by atoms with E-state index in [4.69, 9.17) is 4.74 Å². The molecule has 1 N–H and O–H groups in total. The highest BCUT2D eigenvalue weighted by atomic mass is 16.5. The predicted octanol–water partition coefficient (Wildman–Crippen LogP) is 4.75. The molecule has 3 aromatic rings. The Balaban J connectivity index is 1.71. The van der Waals surface area contributed by atoms with Gasteiger partial charge >= 0.3 is 0 Å². The molecule has 0 saturated carbocycles. The first-order valence-electron chi connectivity index (χ1n) is 8.70. The molecule has 0 atom stereocenters. The summed E-state index contributed by atoms with van der Waals surface area (Å²) >= 11 is 0. The molecule has 3 aromatic carbocycles. The van der Waals surface area contributed by atoms with Crippen LogP contribution in [0.2, 0.25) is 0 Å². The van der Waals surface area contributed by atoms with Crippen LogP contribution < -0.4 is 10.1 Å². The Hall–Kier alpha value is -3.40. The minimum Gasteiger partial charge on any atom is -0.496 e. The molecule has 0 bridgehead atoms. The van der Waals surface area contributed by atoms with Crippen LogP contribution in [0.4, 0.5) is 5.69 Å². The third kappa shape index (κ3) is 4.61. The summed E-state index contributed by atoms with van der Waals surface area (Å²) in [6.07, 6.45) is 0.130. The molecule has 0 aliphatic heterocycles. The Morgan fingerprint density at radius 3 is 2.19 bits per heavy atom. The average molecular weight is 359 g/mol. The summed E-state index contributed by atoms with van der Waals surface area (Å²) in [7, 11) is 1.55. The molecule has 3 rings (SSSR count). The maximum Gasteiger partial charge on any atom is 0.228 e. The number of rotatable bonds is 6. The minimum absolute atomic E-state index is 0.0455. The average Bonchev–Trinajstić information content (AvgIpc) is 2.69. The van der Waals surface area contributed by atoms with Crippen molar-refractivity contribution in [2.75, 3.05) is 12.4 Å². The fraction of sp³-hybridized carbons (Fsp3) is 0.130. The van der Waals surface area contributed by atoms with E-state index >= 15 is 0 Å². The van der Waals surface area contributed by atoms with Crippen LogP contribution in [0.15, 0.2) is 72.8 Å². The van der Waals surface area contributed by atoms with Crippen molar-refractivity contribution in [2.45, 2.75) is 13.3 Å². The summed E-state index contributed by atoms with van der Waals surface area (Å²) in [5.74, 6) is 0.381. The van der Waals surface area contributed by atoms with E-state index < -0.39 is 0 Å². The number of hydrogen-bond acceptors (Lipinski definition) is 3. The number of carbonyl (C=O) groups is 2. The van der Waals surface area contributed by atoms with Crippen LogP contribution >= 0.6 is 0 Å². The van der Waals surface area contributed by atoms with Crippen LogP contribution in [0, 0.1) is 0 Å². The molecule has 4 heteroatoms. The second-order valence-corrected chi connectivity index (χ2v) is 6.25. The lowest BCUT2D eigenvalue weighted by Crippen LogP contribution is -2.15. The Kier molecular flexibility index (Phi) is 5.67. The summed E-state index contributed by atoms with van der Waals surface area (Å²) in [6.45, 7) is 1.50. The molecule has 0 fully saturated rings. The van der Waals surface area contributed by atoms with Gasteiger partial charge in [-0.05, 0) is 48.4 Å². The number of methoxy groups -OCH3 is 1. The first-order valence-corrected chi connectivity index (χ1v) is 8.70. The Bertz CT molecular complexity index is 947. The van der Waals surface area contributed by atoms with Crippen molar-refractivity contribution in [3.05, 3.63) is 83.9 Å². The van der Waals surface area contributed by atoms with Gasteiger partial charge in [0, 0.05) is 16.8 Å². The summed E-state index contributed by atoms with van der Waals surface area (Å²) in [6, 6.07) is 22.9. The molecule has 1 amide bonds. The number of carbonyl (C=O) groups excluding carboxylic acids is 2. The van der Waals surface area contributed by atoms with Crippen molar-refractivity contribution >= 4 is 17.4 Å². The second-order valence-electron chi connectivity index (χ2n) is 6.25. The van der Waals surface area contributed by atoms with E-state index in [1.165, 1.54) is 6.92 Å². The number of hydrogen-bond donors (Lipinski definition) is 1. The van der Waals surface area contributed by atoms with E-state index in [0.717, 1.165) is 16.8 Å². The Morgan fingerprint density at radius 2 is 1.56 bits per heavy atom. The lowest BCUT2D eigenvalue weighted by atomic mass is 10.0. The maximum atomic E-state index is 12.4. The summed E-state index contributed by atoms with van der Waals surface area (Å²) in [5, 5.41) is 2.89. The zero-order chi connectivity index (χ0) is 19.2. The van der Waals surface area contributed by atoms with Gasteiger partial charge in [-0.3, -0.25) is 9.59 Å². The van der Waals surface area contributed by atoms with Gasteiger partial charge in [-0.15, -0.1) is 0 Å². The molecule has 0 saturated heterocycles. The van der Waals surface area contributed by atoms with Crippen molar-refractivity contribution in [1.82, 2.24) is 0 Å². The smallest absolute Gasteiger partial charge is 0.228 e. The van der Waals surface area contributed by atoms with E-state index in [2.05, 4.69) is 5.32 Å². The number of nitrogens with one attached hydrogen (secondary N) is 1. The zero-order valence-electron chi connectivity index (χ0n) is 15.4. The predicted molar refractivity (Wildman–Crippen MR) is 107 cm³/mol. The van der Waals surface area contributed by atoms with Crippen LogP contribution in [0.1, 0.15) is 22.8 Å². The first-order chi connectivity index (χ1) is 13.1. The number of anilines is 1. The van der Waals surface area contributed by atoms with Crippen molar-refractivity contribution < 1.29 is 14.3 Å². The SMILES string of the molecule is COc1ccc(C(C)=O)cc1CC(=O)Nc1ccc(-c2ccccc2)cc1. The molecule has 0 unspecified atom stereocenters. The van der Waals surface area contributed by atoms with E-state index in [1.807, 2.05) is 54.6 Å². The third-order valence-corrected chi connectivity index (χ3v) is 4.31. The van der Waals surface area contributed by atoms with Crippen LogP contribution in [-0.4, -0.2) is 18.8 Å². The van der Waals surface area contributed by atoms with Gasteiger partial charge in [-0.25, -0.2) is 0 Å². The topological polar surface area (TPSA) is 55.4 Å². The van der Waals surface area contributed by atoms with Gasteiger partial charge in [0.05, 0.1) is 13.5 Å². The maximum absolute atomic E-state index is 12.4. The summed E-state index contributed by atoms with van der Waals surface area (Å²) < 4.78 is 5.30. The quantitative estimate of drug-likeness (QED) is 0.647. The van der Waals surface area contributed by atoms with Gasteiger partial charge in [0.15, 0.2) is 5.78 Å². The highest BCUT2D eigenvalue weighted by Crippen LogP contribution is 2.23. The van der Waals surface area contributed by atoms with E-state index in [1.54, 1.807) is 25.3 Å². The Labute approximate surface area is 158 Å². The van der Waals surface area contributed by atoms with Crippen LogP contribution in [-0.2, 0) is 11.2 Å². The molecule has 0 heterocycles.